The highest BCUT2D eigenvalue weighted by atomic mass is 32.1. The molecule has 1 saturated heterocycles. The van der Waals surface area contributed by atoms with Crippen LogP contribution in [0.1, 0.15) is 10.4 Å². The molecule has 36 heavy (non-hydrogen) atoms. The number of thiophene rings is 1. The summed E-state index contributed by atoms with van der Waals surface area (Å²) in [6, 6.07) is 8.46. The third kappa shape index (κ3) is 4.61. The summed E-state index contributed by atoms with van der Waals surface area (Å²) in [7, 11) is 1.49. The van der Waals surface area contributed by atoms with Crippen molar-refractivity contribution in [2.45, 2.75) is 0 Å². The molecule has 0 unspecified atom stereocenters. The quantitative estimate of drug-likeness (QED) is 0.213. The molecule has 0 spiro atoms. The van der Waals surface area contributed by atoms with Crippen molar-refractivity contribution < 1.29 is 19.2 Å². The van der Waals surface area contributed by atoms with Gasteiger partial charge in [0.1, 0.15) is 17.1 Å². The van der Waals surface area contributed by atoms with Gasteiger partial charge in [0.05, 0.1) is 41.4 Å². The molecule has 0 amide bonds. The van der Waals surface area contributed by atoms with E-state index in [1.54, 1.807) is 18.3 Å². The van der Waals surface area contributed by atoms with Crippen LogP contribution in [-0.2, 0) is 4.74 Å². The van der Waals surface area contributed by atoms with Crippen LogP contribution in [0, 0.1) is 10.1 Å². The number of methoxy groups -OCH3 is 1. The number of carbonyl (C=O) groups is 1. The Kier molecular flexibility index (Phi) is 6.56. The fourth-order valence-electron chi connectivity index (χ4n) is 3.88. The Hall–Kier alpha value is -4.36. The van der Waals surface area contributed by atoms with E-state index in [0.29, 0.717) is 60.5 Å². The number of hydrogen-bond acceptors (Lipinski definition) is 11. The Morgan fingerprint density at radius 3 is 2.81 bits per heavy atom. The van der Waals surface area contributed by atoms with Crippen LogP contribution < -0.4 is 15.0 Å². The van der Waals surface area contributed by atoms with Crippen molar-refractivity contribution in [3.8, 4) is 22.1 Å². The molecule has 13 heteroatoms. The van der Waals surface area contributed by atoms with Crippen molar-refractivity contribution in [1.29, 1.82) is 0 Å². The van der Waals surface area contributed by atoms with Gasteiger partial charge in [-0.05, 0) is 11.4 Å². The van der Waals surface area contributed by atoms with Crippen molar-refractivity contribution in [3.63, 3.8) is 0 Å². The summed E-state index contributed by atoms with van der Waals surface area (Å²) < 4.78 is 12.4. The molecule has 4 heterocycles. The molecular weight excluding hydrogens is 486 g/mol. The third-order valence-corrected chi connectivity index (χ3v) is 6.47. The first-order valence-electron chi connectivity index (χ1n) is 11.0. The molecule has 1 aliphatic heterocycles. The lowest BCUT2D eigenvalue weighted by Gasteiger charge is -2.29. The van der Waals surface area contributed by atoms with Gasteiger partial charge in [-0.25, -0.2) is 9.67 Å². The monoisotopic (exact) mass is 507 g/mol. The van der Waals surface area contributed by atoms with Gasteiger partial charge in [0.2, 0.25) is 5.95 Å². The lowest BCUT2D eigenvalue weighted by molar-refractivity contribution is -0.384. The SMILES string of the molecule is COc1cc(N2CCOCC2)c([N+](=O)[O-])cc1Nc1nccc(-n2cc(C=O)c(-c3cccs3)n2)n1. The molecular formula is C23H21N7O5S. The molecule has 1 N–H and O–H groups in total. The zero-order valence-corrected chi connectivity index (χ0v) is 20.0. The highest BCUT2D eigenvalue weighted by Crippen LogP contribution is 2.39. The highest BCUT2D eigenvalue weighted by Gasteiger charge is 2.25. The number of carbonyl (C=O) groups excluding carboxylic acids is 1. The van der Waals surface area contributed by atoms with Crippen LogP contribution in [-0.4, -0.2) is 64.4 Å². The lowest BCUT2D eigenvalue weighted by atomic mass is 10.2. The Bertz CT molecular complexity index is 1400. The number of rotatable bonds is 8. The summed E-state index contributed by atoms with van der Waals surface area (Å²) in [5, 5.41) is 21.3. The van der Waals surface area contributed by atoms with Gasteiger partial charge in [0, 0.05) is 43.7 Å². The highest BCUT2D eigenvalue weighted by molar-refractivity contribution is 7.13. The van der Waals surface area contributed by atoms with Crippen molar-refractivity contribution >= 4 is 40.6 Å². The summed E-state index contributed by atoms with van der Waals surface area (Å²) >= 11 is 1.48. The zero-order valence-electron chi connectivity index (χ0n) is 19.2. The lowest BCUT2D eigenvalue weighted by Crippen LogP contribution is -2.36. The van der Waals surface area contributed by atoms with E-state index in [1.165, 1.54) is 35.4 Å². The fraction of sp³-hybridized carbons (Fsp3) is 0.217. The van der Waals surface area contributed by atoms with Gasteiger partial charge < -0.3 is 19.7 Å². The van der Waals surface area contributed by atoms with Crippen molar-refractivity contribution in [1.82, 2.24) is 19.7 Å². The third-order valence-electron chi connectivity index (χ3n) is 5.59. The van der Waals surface area contributed by atoms with Crippen LogP contribution in [0.25, 0.3) is 16.4 Å². The number of nitrogens with zero attached hydrogens (tertiary/aromatic N) is 6. The summed E-state index contributed by atoms with van der Waals surface area (Å²) in [6.45, 7) is 2.07. The first-order valence-corrected chi connectivity index (χ1v) is 11.8. The zero-order chi connectivity index (χ0) is 25.1. The molecule has 3 aromatic heterocycles. The maximum atomic E-state index is 11.9. The fourth-order valence-corrected chi connectivity index (χ4v) is 4.61. The van der Waals surface area contributed by atoms with E-state index >= 15 is 0 Å². The number of ether oxygens (including phenoxy) is 2. The largest absolute Gasteiger partial charge is 0.494 e. The van der Waals surface area contributed by atoms with E-state index in [0.717, 1.165) is 11.2 Å². The number of anilines is 3. The summed E-state index contributed by atoms with van der Waals surface area (Å²) in [4.78, 5) is 34.5. The molecule has 4 aromatic rings. The Labute approximate surface area is 209 Å². The summed E-state index contributed by atoms with van der Waals surface area (Å²) in [5.74, 6) is 0.996. The van der Waals surface area contributed by atoms with Crippen LogP contribution in [0.2, 0.25) is 0 Å². The van der Waals surface area contributed by atoms with Gasteiger partial charge in [0.15, 0.2) is 12.1 Å². The average Bonchev–Trinajstić information content (AvgIpc) is 3.59. The number of benzene rings is 1. The van der Waals surface area contributed by atoms with Crippen LogP contribution >= 0.6 is 11.3 Å². The van der Waals surface area contributed by atoms with Crippen LogP contribution in [0.4, 0.5) is 23.0 Å². The maximum Gasteiger partial charge on any atom is 0.294 e. The maximum absolute atomic E-state index is 11.9. The van der Waals surface area contributed by atoms with E-state index in [4.69, 9.17) is 9.47 Å². The van der Waals surface area contributed by atoms with Crippen molar-refractivity contribution in [2.24, 2.45) is 0 Å². The molecule has 5 rings (SSSR count). The number of morpholine rings is 1. The van der Waals surface area contributed by atoms with Crippen molar-refractivity contribution in [3.05, 3.63) is 63.8 Å². The number of aromatic nitrogens is 4. The van der Waals surface area contributed by atoms with Gasteiger partial charge in [-0.1, -0.05) is 6.07 Å². The predicted molar refractivity (Wildman–Crippen MR) is 134 cm³/mol. The van der Waals surface area contributed by atoms with E-state index in [1.807, 2.05) is 22.4 Å². The molecule has 1 aliphatic rings. The topological polar surface area (TPSA) is 138 Å². The van der Waals surface area contributed by atoms with Crippen LogP contribution in [0.15, 0.2) is 48.1 Å². The van der Waals surface area contributed by atoms with E-state index in [-0.39, 0.29) is 11.6 Å². The summed E-state index contributed by atoms with van der Waals surface area (Å²) in [6.07, 6.45) is 3.87. The van der Waals surface area contributed by atoms with Gasteiger partial charge >= 0.3 is 0 Å². The van der Waals surface area contributed by atoms with Gasteiger partial charge in [-0.3, -0.25) is 14.9 Å². The number of hydrogen-bond donors (Lipinski definition) is 1. The Balaban J connectivity index is 1.48. The van der Waals surface area contributed by atoms with E-state index in [2.05, 4.69) is 20.4 Å². The molecule has 12 nitrogen and oxygen atoms in total. The Morgan fingerprint density at radius 2 is 2.11 bits per heavy atom. The molecule has 184 valence electrons. The van der Waals surface area contributed by atoms with E-state index in [9.17, 15) is 14.9 Å². The molecule has 0 aliphatic carbocycles. The van der Waals surface area contributed by atoms with Crippen molar-refractivity contribution in [2.75, 3.05) is 43.6 Å². The first kappa shape index (κ1) is 23.4. The minimum absolute atomic E-state index is 0.0698. The molecule has 1 fully saturated rings. The molecule has 0 atom stereocenters. The number of aldehydes is 1. The van der Waals surface area contributed by atoms with Gasteiger partial charge in [-0.15, -0.1) is 11.3 Å². The average molecular weight is 508 g/mol. The second-order valence-corrected chi connectivity index (χ2v) is 8.68. The van der Waals surface area contributed by atoms with E-state index < -0.39 is 4.92 Å². The number of nitro groups is 1. The molecule has 1 aromatic carbocycles. The normalized spacial score (nSPS) is 13.4. The Morgan fingerprint density at radius 1 is 1.28 bits per heavy atom. The molecule has 0 bridgehead atoms. The minimum Gasteiger partial charge on any atom is -0.494 e. The number of nitrogens with one attached hydrogen (secondary N) is 1. The van der Waals surface area contributed by atoms with Gasteiger partial charge in [0.25, 0.3) is 5.69 Å². The van der Waals surface area contributed by atoms with Gasteiger partial charge in [-0.2, -0.15) is 10.1 Å². The van der Waals surface area contributed by atoms with Crippen LogP contribution in [0.5, 0.6) is 5.75 Å². The standard InChI is InChI=1S/C23H21N7O5S/c1-34-19-12-17(28-6-8-35-9-7-28)18(30(32)33)11-16(19)25-23-24-5-4-21(26-23)29-13-15(14-31)22(27-29)20-3-2-10-36-20/h2-5,10-14H,6-9H2,1H3,(H,24,25,26). The van der Waals surface area contributed by atoms with Crippen LogP contribution in [0.3, 0.4) is 0 Å². The first-order chi connectivity index (χ1) is 17.6. The smallest absolute Gasteiger partial charge is 0.294 e. The predicted octanol–water partition coefficient (Wildman–Crippen LogP) is 3.70. The summed E-state index contributed by atoms with van der Waals surface area (Å²) in [5.41, 5.74) is 1.72. The minimum atomic E-state index is -0.427. The number of nitro benzene ring substituents is 1. The molecule has 0 radical (unpaired) electrons. The second kappa shape index (κ2) is 10.1. The molecule has 0 saturated carbocycles. The second-order valence-electron chi connectivity index (χ2n) is 7.73.